The number of nitrogens with zero attached hydrogens (tertiary/aromatic N) is 2. The number of fused-ring (bicyclic) bond motifs is 7. The predicted octanol–water partition coefficient (Wildman–Crippen LogP) is 3.21. The summed E-state index contributed by atoms with van der Waals surface area (Å²) in [6.45, 7) is 0. The van der Waals surface area contributed by atoms with E-state index in [0.717, 1.165) is 12.1 Å². The minimum Gasteiger partial charge on any atom is -0.289 e. The molecule has 1 heterocycles. The molecule has 1 aromatic heterocycles. The molecule has 0 unspecified atom stereocenters. The SMILES string of the molecule is O=C1c2ccccc2C(=O)c2c1cc(S(=O)(=O)O)c1nc3c(ccc4ccc(S(=O)(=O)O)cc43)nc21. The van der Waals surface area contributed by atoms with Gasteiger partial charge in [0.2, 0.25) is 0 Å². The van der Waals surface area contributed by atoms with Gasteiger partial charge in [0.05, 0.1) is 21.5 Å². The fourth-order valence-electron chi connectivity index (χ4n) is 4.49. The number of hydrogen-bond acceptors (Lipinski definition) is 8. The van der Waals surface area contributed by atoms with Crippen molar-refractivity contribution >= 4 is 64.6 Å². The largest absolute Gasteiger partial charge is 0.296 e. The fourth-order valence-corrected chi connectivity index (χ4v) is 5.65. The molecule has 0 bridgehead atoms. The van der Waals surface area contributed by atoms with Crippen molar-refractivity contribution in [3.8, 4) is 0 Å². The van der Waals surface area contributed by atoms with E-state index in [0.29, 0.717) is 5.39 Å². The van der Waals surface area contributed by atoms with Crippen molar-refractivity contribution in [3.63, 3.8) is 0 Å². The number of aromatic nitrogens is 2. The van der Waals surface area contributed by atoms with Gasteiger partial charge < -0.3 is 0 Å². The molecular formula is C24H12N2O8S2. The van der Waals surface area contributed by atoms with Crippen LogP contribution in [0.25, 0.3) is 32.8 Å². The summed E-state index contributed by atoms with van der Waals surface area (Å²) in [5.41, 5.74) is -0.521. The van der Waals surface area contributed by atoms with Gasteiger partial charge in [0.15, 0.2) is 11.6 Å². The van der Waals surface area contributed by atoms with E-state index in [2.05, 4.69) is 9.97 Å². The van der Waals surface area contributed by atoms with Crippen LogP contribution in [0.5, 0.6) is 0 Å². The molecule has 0 atom stereocenters. The summed E-state index contributed by atoms with van der Waals surface area (Å²) < 4.78 is 67.4. The van der Waals surface area contributed by atoms with E-state index < -0.39 is 41.6 Å². The second-order valence-corrected chi connectivity index (χ2v) is 11.0. The van der Waals surface area contributed by atoms with Crippen molar-refractivity contribution in [2.45, 2.75) is 9.79 Å². The van der Waals surface area contributed by atoms with E-state index >= 15 is 0 Å². The van der Waals surface area contributed by atoms with Gasteiger partial charge in [-0.2, -0.15) is 16.8 Å². The van der Waals surface area contributed by atoms with E-state index in [1.54, 1.807) is 18.2 Å². The first-order chi connectivity index (χ1) is 16.9. The number of carbonyl (C=O) groups excluding carboxylic acids is 2. The van der Waals surface area contributed by atoms with E-state index in [1.165, 1.54) is 30.3 Å². The number of ketones is 2. The van der Waals surface area contributed by atoms with Crippen LogP contribution >= 0.6 is 0 Å². The highest BCUT2D eigenvalue weighted by atomic mass is 32.2. The third-order valence-corrected chi connectivity index (χ3v) is 7.82. The van der Waals surface area contributed by atoms with E-state index in [1.807, 2.05) is 0 Å². The van der Waals surface area contributed by atoms with Gasteiger partial charge in [-0.1, -0.05) is 36.4 Å². The zero-order valence-electron chi connectivity index (χ0n) is 17.8. The van der Waals surface area contributed by atoms with Gasteiger partial charge in [-0.05, 0) is 29.7 Å². The quantitative estimate of drug-likeness (QED) is 0.196. The second kappa shape index (κ2) is 7.21. The summed E-state index contributed by atoms with van der Waals surface area (Å²) in [4.78, 5) is 34.3. The fraction of sp³-hybridized carbons (Fsp3) is 0. The highest BCUT2D eigenvalue weighted by molar-refractivity contribution is 7.86. The summed E-state index contributed by atoms with van der Waals surface area (Å²) in [5, 5.41) is 0.735. The number of rotatable bonds is 2. The molecule has 6 rings (SSSR count). The van der Waals surface area contributed by atoms with Crippen LogP contribution in [-0.4, -0.2) is 47.5 Å². The van der Waals surface area contributed by atoms with Crippen molar-refractivity contribution in [2.75, 3.05) is 0 Å². The van der Waals surface area contributed by atoms with Crippen molar-refractivity contribution in [1.29, 1.82) is 0 Å². The first kappa shape index (κ1) is 22.4. The van der Waals surface area contributed by atoms with Crippen LogP contribution in [0, 0.1) is 0 Å². The van der Waals surface area contributed by atoms with Crippen LogP contribution in [-0.2, 0) is 20.2 Å². The summed E-state index contributed by atoms with van der Waals surface area (Å²) in [6.07, 6.45) is 0. The lowest BCUT2D eigenvalue weighted by atomic mass is 9.83. The Morgan fingerprint density at radius 2 is 1.31 bits per heavy atom. The van der Waals surface area contributed by atoms with E-state index in [4.69, 9.17) is 0 Å². The Hall–Kier alpha value is -4.10. The zero-order valence-corrected chi connectivity index (χ0v) is 19.5. The highest BCUT2D eigenvalue weighted by Gasteiger charge is 2.35. The Labute approximate surface area is 202 Å². The Kier molecular flexibility index (Phi) is 4.48. The molecule has 178 valence electrons. The Bertz CT molecular complexity index is 2090. The molecule has 1 aliphatic rings. The normalized spacial score (nSPS) is 13.8. The number of benzene rings is 4. The Morgan fingerprint density at radius 1 is 0.639 bits per heavy atom. The van der Waals surface area contributed by atoms with Crippen molar-refractivity contribution in [3.05, 3.63) is 82.9 Å². The summed E-state index contributed by atoms with van der Waals surface area (Å²) in [5.74, 6) is -1.17. The van der Waals surface area contributed by atoms with Crippen LogP contribution in [0.2, 0.25) is 0 Å². The highest BCUT2D eigenvalue weighted by Crippen LogP contribution is 2.36. The Morgan fingerprint density at radius 3 is 1.97 bits per heavy atom. The molecule has 36 heavy (non-hydrogen) atoms. The van der Waals surface area contributed by atoms with Crippen molar-refractivity contribution in [2.24, 2.45) is 0 Å². The average molecular weight is 521 g/mol. The third kappa shape index (κ3) is 3.16. The standard InChI is InChI=1S/C24H12N2O8S2/c27-23-13-3-1-2-4-14(13)24(28)19-16(23)10-18(36(32,33)34)21-22(19)25-17-8-6-11-5-7-12(35(29,30)31)9-15(11)20(17)26-21/h1-10H,(H,29,30,31)(H,32,33,34). The summed E-state index contributed by atoms with van der Waals surface area (Å²) in [7, 11) is -9.49. The smallest absolute Gasteiger partial charge is 0.289 e. The lowest BCUT2D eigenvalue weighted by Crippen LogP contribution is -2.22. The van der Waals surface area contributed by atoms with Crippen LogP contribution in [0.1, 0.15) is 31.8 Å². The van der Waals surface area contributed by atoms with Gasteiger partial charge in [0.1, 0.15) is 15.9 Å². The number of hydrogen-bond donors (Lipinski definition) is 2. The van der Waals surface area contributed by atoms with Crippen LogP contribution in [0.4, 0.5) is 0 Å². The molecule has 5 aromatic rings. The molecule has 4 aromatic carbocycles. The molecule has 0 saturated carbocycles. The zero-order chi connectivity index (χ0) is 25.6. The first-order valence-corrected chi connectivity index (χ1v) is 13.2. The molecule has 2 N–H and O–H groups in total. The monoisotopic (exact) mass is 520 g/mol. The van der Waals surface area contributed by atoms with Crippen LogP contribution in [0.15, 0.2) is 70.5 Å². The molecule has 10 nitrogen and oxygen atoms in total. The maximum Gasteiger partial charge on any atom is 0.296 e. The molecule has 1 aliphatic carbocycles. The molecule has 0 spiro atoms. The van der Waals surface area contributed by atoms with Crippen molar-refractivity contribution in [1.82, 2.24) is 9.97 Å². The van der Waals surface area contributed by atoms with Gasteiger partial charge in [-0.25, -0.2) is 9.97 Å². The van der Waals surface area contributed by atoms with Crippen molar-refractivity contribution < 1.29 is 35.5 Å². The molecule has 12 heteroatoms. The minimum absolute atomic E-state index is 0.0605. The lowest BCUT2D eigenvalue weighted by molar-refractivity contribution is 0.0980. The lowest BCUT2D eigenvalue weighted by Gasteiger charge is -2.20. The molecule has 0 aliphatic heterocycles. The number of carbonyl (C=O) groups is 2. The molecule has 0 fully saturated rings. The maximum atomic E-state index is 13.4. The van der Waals surface area contributed by atoms with Gasteiger partial charge in [0.25, 0.3) is 20.2 Å². The summed E-state index contributed by atoms with van der Waals surface area (Å²) >= 11 is 0. The van der Waals surface area contributed by atoms with Gasteiger partial charge in [0, 0.05) is 22.1 Å². The van der Waals surface area contributed by atoms with E-state index in [9.17, 15) is 35.5 Å². The first-order valence-electron chi connectivity index (χ1n) is 10.3. The third-order valence-electron chi connectivity index (χ3n) is 6.10. The summed E-state index contributed by atoms with van der Waals surface area (Å²) in [6, 6.07) is 13.9. The van der Waals surface area contributed by atoms with Crippen LogP contribution < -0.4 is 0 Å². The predicted molar refractivity (Wildman–Crippen MR) is 127 cm³/mol. The maximum absolute atomic E-state index is 13.4. The topological polar surface area (TPSA) is 169 Å². The second-order valence-electron chi connectivity index (χ2n) is 8.19. The molecule has 0 radical (unpaired) electrons. The minimum atomic E-state index is -4.94. The van der Waals surface area contributed by atoms with Gasteiger partial charge >= 0.3 is 0 Å². The average Bonchev–Trinajstić information content (AvgIpc) is 2.83. The molecule has 0 saturated heterocycles. The van der Waals surface area contributed by atoms with Gasteiger partial charge in [-0.3, -0.25) is 18.7 Å². The Balaban J connectivity index is 1.80. The molecule has 0 amide bonds. The van der Waals surface area contributed by atoms with Crippen LogP contribution in [0.3, 0.4) is 0 Å². The van der Waals surface area contributed by atoms with E-state index in [-0.39, 0.29) is 49.7 Å². The molecular weight excluding hydrogens is 508 g/mol. The van der Waals surface area contributed by atoms with Gasteiger partial charge in [-0.15, -0.1) is 0 Å².